The minimum absolute atomic E-state index is 0.320. The number of rotatable bonds is 8. The highest BCUT2D eigenvalue weighted by molar-refractivity contribution is 7.99. The fourth-order valence-electron chi connectivity index (χ4n) is 2.24. The van der Waals surface area contributed by atoms with E-state index >= 15 is 0 Å². The van der Waals surface area contributed by atoms with Crippen LogP contribution in [0, 0.1) is 18.6 Å². The Balaban J connectivity index is 1.93. The van der Waals surface area contributed by atoms with E-state index in [1.54, 1.807) is 11.8 Å². The topological polar surface area (TPSA) is 66.5 Å². The number of anilines is 1. The van der Waals surface area contributed by atoms with Crippen LogP contribution in [0.4, 0.5) is 14.5 Å². The number of nitrogens with zero attached hydrogens (tertiary/aromatic N) is 1. The highest BCUT2D eigenvalue weighted by atomic mass is 32.2. The van der Waals surface area contributed by atoms with Gasteiger partial charge < -0.3 is 5.32 Å². The first kappa shape index (κ1) is 21.2. The van der Waals surface area contributed by atoms with Crippen LogP contribution in [0.5, 0.6) is 0 Å². The molecular formula is C18H20F2N2O3S2. The van der Waals surface area contributed by atoms with Gasteiger partial charge >= 0.3 is 0 Å². The number of carbonyl (C=O) groups is 1. The van der Waals surface area contributed by atoms with Crippen LogP contribution in [-0.2, 0) is 14.8 Å². The molecule has 1 N–H and O–H groups in total. The van der Waals surface area contributed by atoms with Crippen LogP contribution < -0.4 is 9.62 Å². The van der Waals surface area contributed by atoms with Gasteiger partial charge in [-0.25, -0.2) is 17.2 Å². The maximum atomic E-state index is 13.9. The van der Waals surface area contributed by atoms with Gasteiger partial charge in [0.15, 0.2) is 0 Å². The highest BCUT2D eigenvalue weighted by Crippen LogP contribution is 2.22. The molecule has 9 heteroatoms. The molecule has 0 aliphatic rings. The second-order valence-corrected chi connectivity index (χ2v) is 8.95. The first-order valence-corrected chi connectivity index (χ1v) is 10.9. The van der Waals surface area contributed by atoms with Gasteiger partial charge in [0, 0.05) is 23.3 Å². The van der Waals surface area contributed by atoms with E-state index in [1.165, 1.54) is 0 Å². The third-order valence-electron chi connectivity index (χ3n) is 3.58. The molecule has 2 aromatic rings. The Morgan fingerprint density at radius 3 is 2.41 bits per heavy atom. The highest BCUT2D eigenvalue weighted by Gasteiger charge is 2.23. The minimum atomic E-state index is -3.92. The molecule has 0 aliphatic heterocycles. The van der Waals surface area contributed by atoms with Crippen LogP contribution in [0.2, 0.25) is 0 Å². The molecule has 0 aliphatic carbocycles. The molecule has 0 radical (unpaired) electrons. The van der Waals surface area contributed by atoms with Crippen molar-refractivity contribution < 1.29 is 22.0 Å². The minimum Gasteiger partial charge on any atom is -0.354 e. The maximum Gasteiger partial charge on any atom is 0.240 e. The van der Waals surface area contributed by atoms with E-state index in [-0.39, 0.29) is 5.69 Å². The van der Waals surface area contributed by atoms with Gasteiger partial charge in [0.25, 0.3) is 0 Å². The molecule has 0 spiro atoms. The van der Waals surface area contributed by atoms with E-state index in [9.17, 15) is 22.0 Å². The molecule has 5 nitrogen and oxygen atoms in total. The zero-order valence-corrected chi connectivity index (χ0v) is 16.5. The third kappa shape index (κ3) is 6.51. The molecule has 27 heavy (non-hydrogen) atoms. The lowest BCUT2D eigenvalue weighted by Gasteiger charge is -2.22. The summed E-state index contributed by atoms with van der Waals surface area (Å²) in [5.41, 5.74) is 0.782. The molecule has 0 heterocycles. The first-order valence-electron chi connectivity index (χ1n) is 8.06. The summed E-state index contributed by atoms with van der Waals surface area (Å²) in [7, 11) is -3.92. The van der Waals surface area contributed by atoms with Gasteiger partial charge in [-0.15, -0.1) is 11.8 Å². The predicted octanol–water partition coefficient (Wildman–Crippen LogP) is 2.95. The third-order valence-corrected chi connectivity index (χ3v) is 5.72. The lowest BCUT2D eigenvalue weighted by Crippen LogP contribution is -2.41. The van der Waals surface area contributed by atoms with Crippen molar-refractivity contribution in [2.75, 3.05) is 29.4 Å². The van der Waals surface area contributed by atoms with Crippen molar-refractivity contribution >= 4 is 33.4 Å². The fourth-order valence-corrected chi connectivity index (χ4v) is 3.87. The zero-order chi connectivity index (χ0) is 20.0. The van der Waals surface area contributed by atoms with Crippen LogP contribution in [0.15, 0.2) is 47.4 Å². The number of hydrogen-bond acceptors (Lipinski definition) is 4. The van der Waals surface area contributed by atoms with Crippen molar-refractivity contribution in [3.05, 3.63) is 59.7 Å². The summed E-state index contributed by atoms with van der Waals surface area (Å²) in [5, 5.41) is 2.61. The summed E-state index contributed by atoms with van der Waals surface area (Å²) in [4.78, 5) is 13.1. The van der Waals surface area contributed by atoms with Crippen molar-refractivity contribution in [1.29, 1.82) is 0 Å². The van der Waals surface area contributed by atoms with E-state index in [0.29, 0.717) is 22.7 Å². The Morgan fingerprint density at radius 1 is 1.15 bits per heavy atom. The van der Waals surface area contributed by atoms with Crippen molar-refractivity contribution in [1.82, 2.24) is 5.32 Å². The standard InChI is InChI=1S/C18H20F2N2O3S2/c1-13-3-6-15(7-4-13)26-10-9-21-18(23)12-22(27(2,24)25)17-8-5-14(19)11-16(17)20/h3-8,11H,9-10,12H2,1-2H3,(H,21,23). The van der Waals surface area contributed by atoms with Gasteiger partial charge in [-0.3, -0.25) is 9.10 Å². The molecule has 0 saturated carbocycles. The maximum absolute atomic E-state index is 13.9. The second-order valence-electron chi connectivity index (χ2n) is 5.88. The number of thioether (sulfide) groups is 1. The van der Waals surface area contributed by atoms with Crippen LogP contribution >= 0.6 is 11.8 Å². The summed E-state index contributed by atoms with van der Waals surface area (Å²) in [6.07, 6.45) is 0.857. The van der Waals surface area contributed by atoms with E-state index in [1.807, 2.05) is 31.2 Å². The fraction of sp³-hybridized carbons (Fsp3) is 0.278. The van der Waals surface area contributed by atoms with Gasteiger partial charge in [-0.1, -0.05) is 17.7 Å². The lowest BCUT2D eigenvalue weighted by molar-refractivity contribution is -0.119. The molecule has 2 rings (SSSR count). The number of sulfonamides is 1. The van der Waals surface area contributed by atoms with Gasteiger partial charge in [0.2, 0.25) is 15.9 Å². The van der Waals surface area contributed by atoms with Crippen molar-refractivity contribution in [3.63, 3.8) is 0 Å². The lowest BCUT2D eigenvalue weighted by atomic mass is 10.2. The number of carbonyl (C=O) groups excluding carboxylic acids is 1. The molecule has 0 fully saturated rings. The summed E-state index contributed by atoms with van der Waals surface area (Å²) in [6, 6.07) is 10.4. The Bertz CT molecular complexity index is 903. The summed E-state index contributed by atoms with van der Waals surface area (Å²) >= 11 is 1.55. The SMILES string of the molecule is Cc1ccc(SCCNC(=O)CN(c2ccc(F)cc2F)S(C)(=O)=O)cc1. The second kappa shape index (κ2) is 9.18. The largest absolute Gasteiger partial charge is 0.354 e. The summed E-state index contributed by atoms with van der Waals surface area (Å²) < 4.78 is 51.4. The van der Waals surface area contributed by atoms with E-state index in [4.69, 9.17) is 0 Å². The van der Waals surface area contributed by atoms with Crippen LogP contribution in [0.3, 0.4) is 0 Å². The number of nitrogens with one attached hydrogen (secondary N) is 1. The van der Waals surface area contributed by atoms with Crippen molar-refractivity contribution in [3.8, 4) is 0 Å². The summed E-state index contributed by atoms with van der Waals surface area (Å²) in [6.45, 7) is 1.73. The Labute approximate surface area is 161 Å². The molecule has 0 atom stereocenters. The average Bonchev–Trinajstić information content (AvgIpc) is 2.58. The smallest absolute Gasteiger partial charge is 0.240 e. The Hall–Kier alpha value is -2.13. The van der Waals surface area contributed by atoms with Gasteiger partial charge in [-0.05, 0) is 31.2 Å². The predicted molar refractivity (Wildman–Crippen MR) is 103 cm³/mol. The number of amides is 1. The van der Waals surface area contributed by atoms with E-state index < -0.39 is 34.1 Å². The molecule has 0 unspecified atom stereocenters. The molecule has 2 aromatic carbocycles. The monoisotopic (exact) mass is 414 g/mol. The number of halogens is 2. The normalized spacial score (nSPS) is 11.3. The van der Waals surface area contributed by atoms with Gasteiger partial charge in [0.05, 0.1) is 11.9 Å². The summed E-state index contributed by atoms with van der Waals surface area (Å²) in [5.74, 6) is -1.86. The van der Waals surface area contributed by atoms with Crippen LogP contribution in [0.25, 0.3) is 0 Å². The Kier molecular flexibility index (Phi) is 7.20. The molecule has 0 saturated heterocycles. The number of benzene rings is 2. The quantitative estimate of drug-likeness (QED) is 0.533. The molecule has 146 valence electrons. The van der Waals surface area contributed by atoms with Crippen molar-refractivity contribution in [2.45, 2.75) is 11.8 Å². The van der Waals surface area contributed by atoms with Crippen molar-refractivity contribution in [2.24, 2.45) is 0 Å². The van der Waals surface area contributed by atoms with Gasteiger partial charge in [-0.2, -0.15) is 0 Å². The molecule has 1 amide bonds. The van der Waals surface area contributed by atoms with Crippen LogP contribution in [0.1, 0.15) is 5.56 Å². The number of aryl methyl sites for hydroxylation is 1. The first-order chi connectivity index (χ1) is 12.7. The van der Waals surface area contributed by atoms with E-state index in [2.05, 4.69) is 5.32 Å². The Morgan fingerprint density at radius 2 is 1.81 bits per heavy atom. The molecule has 0 aromatic heterocycles. The van der Waals surface area contributed by atoms with Crippen LogP contribution in [-0.4, -0.2) is 39.4 Å². The average molecular weight is 414 g/mol. The van der Waals surface area contributed by atoms with Gasteiger partial charge in [0.1, 0.15) is 18.2 Å². The van der Waals surface area contributed by atoms with E-state index in [0.717, 1.165) is 28.8 Å². The molecular weight excluding hydrogens is 394 g/mol. The number of hydrogen-bond donors (Lipinski definition) is 1. The zero-order valence-electron chi connectivity index (χ0n) is 14.9. The molecule has 0 bridgehead atoms.